The minimum Gasteiger partial charge on any atom is -0.487 e. The fourth-order valence-corrected chi connectivity index (χ4v) is 1.50. The summed E-state index contributed by atoms with van der Waals surface area (Å²) in [6.07, 6.45) is -0.739. The molecule has 0 saturated heterocycles. The second-order valence-electron chi connectivity index (χ2n) is 3.94. The van der Waals surface area contributed by atoms with Crippen molar-refractivity contribution in [1.29, 1.82) is 0 Å². The molecule has 1 aromatic heterocycles. The van der Waals surface area contributed by atoms with E-state index >= 15 is 0 Å². The Bertz CT molecular complexity index is 540. The van der Waals surface area contributed by atoms with Gasteiger partial charge in [0.05, 0.1) is 6.10 Å². The molecule has 1 atom stereocenters. The van der Waals surface area contributed by atoms with Gasteiger partial charge in [-0.15, -0.1) is 0 Å². The molecule has 0 unspecified atom stereocenters. The molecule has 6 heteroatoms. The highest BCUT2D eigenvalue weighted by atomic mass is 19.1. The van der Waals surface area contributed by atoms with E-state index in [0.717, 1.165) is 0 Å². The maximum atomic E-state index is 13.1. The van der Waals surface area contributed by atoms with Gasteiger partial charge >= 0.3 is 0 Å². The molecule has 0 aliphatic carbocycles. The van der Waals surface area contributed by atoms with Crippen LogP contribution in [-0.4, -0.2) is 15.4 Å². The first kappa shape index (κ1) is 12.5. The molecule has 0 spiro atoms. The number of hydrogen-bond acceptors (Lipinski definition) is 5. The first-order valence-corrected chi connectivity index (χ1v) is 5.46. The van der Waals surface area contributed by atoms with E-state index in [1.54, 1.807) is 13.8 Å². The van der Waals surface area contributed by atoms with Gasteiger partial charge in [0.1, 0.15) is 29.6 Å². The van der Waals surface area contributed by atoms with E-state index in [1.165, 1.54) is 18.2 Å². The van der Waals surface area contributed by atoms with Crippen LogP contribution in [0.15, 0.2) is 22.8 Å². The van der Waals surface area contributed by atoms with Crippen molar-refractivity contribution in [3.05, 3.63) is 41.0 Å². The monoisotopic (exact) mass is 252 g/mol. The van der Waals surface area contributed by atoms with Gasteiger partial charge in [0.25, 0.3) is 0 Å². The summed E-state index contributed by atoms with van der Waals surface area (Å²) < 4.78 is 23.1. The molecule has 0 aliphatic rings. The smallest absolute Gasteiger partial charge is 0.145 e. The van der Waals surface area contributed by atoms with E-state index in [9.17, 15) is 9.50 Å². The lowest BCUT2D eigenvalue weighted by atomic mass is 10.1. The molecule has 2 aromatic rings. The van der Waals surface area contributed by atoms with Gasteiger partial charge in [0.2, 0.25) is 0 Å². The minimum atomic E-state index is -0.739. The molecule has 0 saturated carbocycles. The molecule has 1 heterocycles. The predicted octanol–water partition coefficient (Wildman–Crippen LogP) is 2.15. The van der Waals surface area contributed by atoms with Crippen molar-refractivity contribution in [2.24, 2.45) is 0 Å². The van der Waals surface area contributed by atoms with Crippen LogP contribution >= 0.6 is 0 Å². The van der Waals surface area contributed by atoms with Crippen LogP contribution in [0.3, 0.4) is 0 Å². The van der Waals surface area contributed by atoms with Gasteiger partial charge in [-0.3, -0.25) is 0 Å². The molecule has 1 N–H and O–H groups in total. The highest BCUT2D eigenvalue weighted by molar-refractivity contribution is 5.35. The lowest BCUT2D eigenvalue weighted by molar-refractivity contribution is 0.189. The summed E-state index contributed by atoms with van der Waals surface area (Å²) >= 11 is 0. The van der Waals surface area contributed by atoms with Crippen molar-refractivity contribution in [2.45, 2.75) is 26.6 Å². The van der Waals surface area contributed by atoms with Gasteiger partial charge in [-0.25, -0.2) is 9.02 Å². The van der Waals surface area contributed by atoms with Crippen molar-refractivity contribution in [3.63, 3.8) is 0 Å². The third-order valence-electron chi connectivity index (χ3n) is 2.54. The standard InChI is InChI=1S/C12H13FN2O3/c1-7-11(15-18-14-7)6-17-12-5-9(13)3-4-10(12)8(2)16/h3-5,8,16H,6H2,1-2H3/t8-/m1/s1. The normalized spacial score (nSPS) is 12.4. The maximum absolute atomic E-state index is 13.1. The Hall–Kier alpha value is -1.95. The molecule has 96 valence electrons. The predicted molar refractivity (Wildman–Crippen MR) is 60.4 cm³/mol. The molecule has 0 bridgehead atoms. The zero-order valence-electron chi connectivity index (χ0n) is 10.1. The number of hydrogen-bond donors (Lipinski definition) is 1. The van der Waals surface area contributed by atoms with Gasteiger partial charge < -0.3 is 9.84 Å². The Morgan fingerprint density at radius 2 is 2.22 bits per heavy atom. The van der Waals surface area contributed by atoms with Crippen LogP contribution in [0, 0.1) is 12.7 Å². The minimum absolute atomic E-state index is 0.110. The fraction of sp³-hybridized carbons (Fsp3) is 0.333. The van der Waals surface area contributed by atoms with E-state index in [4.69, 9.17) is 4.74 Å². The second kappa shape index (κ2) is 5.14. The molecular formula is C12H13FN2O3. The number of aliphatic hydroxyl groups is 1. The lowest BCUT2D eigenvalue weighted by Gasteiger charge is -2.12. The van der Waals surface area contributed by atoms with Crippen LogP contribution in [0.1, 0.15) is 30.0 Å². The SMILES string of the molecule is Cc1nonc1COc1cc(F)ccc1[C@@H](C)O. The van der Waals surface area contributed by atoms with Crippen LogP contribution < -0.4 is 4.74 Å². The molecule has 2 rings (SSSR count). The molecule has 0 amide bonds. The van der Waals surface area contributed by atoms with E-state index < -0.39 is 11.9 Å². The summed E-state index contributed by atoms with van der Waals surface area (Å²) in [5, 5.41) is 16.8. The molecule has 0 aliphatic heterocycles. The van der Waals surface area contributed by atoms with Crippen molar-refractivity contribution >= 4 is 0 Å². The molecule has 0 fully saturated rings. The van der Waals surface area contributed by atoms with Crippen molar-refractivity contribution in [3.8, 4) is 5.75 Å². The Morgan fingerprint density at radius 3 is 2.83 bits per heavy atom. The summed E-state index contributed by atoms with van der Waals surface area (Å²) in [7, 11) is 0. The largest absolute Gasteiger partial charge is 0.487 e. The second-order valence-corrected chi connectivity index (χ2v) is 3.94. The zero-order valence-corrected chi connectivity index (χ0v) is 10.1. The summed E-state index contributed by atoms with van der Waals surface area (Å²) in [5.74, 6) is -0.142. The molecule has 5 nitrogen and oxygen atoms in total. The van der Waals surface area contributed by atoms with Gasteiger partial charge in [-0.05, 0) is 26.0 Å². The van der Waals surface area contributed by atoms with Crippen LogP contribution in [0.5, 0.6) is 5.75 Å². The number of nitrogens with zero attached hydrogens (tertiary/aromatic N) is 2. The average Bonchev–Trinajstić information content (AvgIpc) is 2.72. The van der Waals surface area contributed by atoms with E-state index in [-0.39, 0.29) is 12.4 Å². The highest BCUT2D eigenvalue weighted by Gasteiger charge is 2.12. The number of aromatic nitrogens is 2. The van der Waals surface area contributed by atoms with Crippen molar-refractivity contribution < 1.29 is 18.9 Å². The summed E-state index contributed by atoms with van der Waals surface area (Å²) in [6, 6.07) is 3.99. The highest BCUT2D eigenvalue weighted by Crippen LogP contribution is 2.26. The number of rotatable bonds is 4. The average molecular weight is 252 g/mol. The third-order valence-corrected chi connectivity index (χ3v) is 2.54. The quantitative estimate of drug-likeness (QED) is 0.902. The Morgan fingerprint density at radius 1 is 1.44 bits per heavy atom. The van der Waals surface area contributed by atoms with Crippen LogP contribution in [0.25, 0.3) is 0 Å². The summed E-state index contributed by atoms with van der Waals surface area (Å²) in [4.78, 5) is 0. The zero-order chi connectivity index (χ0) is 13.1. The number of aryl methyl sites for hydroxylation is 1. The summed E-state index contributed by atoms with van der Waals surface area (Å²) in [5.41, 5.74) is 1.67. The Balaban J connectivity index is 2.18. The van der Waals surface area contributed by atoms with Crippen molar-refractivity contribution in [2.75, 3.05) is 0 Å². The molecule has 1 aromatic carbocycles. The Labute approximate surface area is 103 Å². The number of ether oxygens (including phenoxy) is 1. The van der Waals surface area contributed by atoms with Crippen LogP contribution in [0.2, 0.25) is 0 Å². The summed E-state index contributed by atoms with van der Waals surface area (Å²) in [6.45, 7) is 3.43. The van der Waals surface area contributed by atoms with Crippen molar-refractivity contribution in [1.82, 2.24) is 10.3 Å². The number of aliphatic hydroxyl groups excluding tert-OH is 1. The van der Waals surface area contributed by atoms with E-state index in [2.05, 4.69) is 14.9 Å². The number of halogens is 1. The van der Waals surface area contributed by atoms with Gasteiger partial charge in [-0.1, -0.05) is 10.3 Å². The molecule has 0 radical (unpaired) electrons. The van der Waals surface area contributed by atoms with Crippen LogP contribution in [-0.2, 0) is 6.61 Å². The van der Waals surface area contributed by atoms with Crippen LogP contribution in [0.4, 0.5) is 4.39 Å². The van der Waals surface area contributed by atoms with Gasteiger partial charge in [-0.2, -0.15) is 0 Å². The third kappa shape index (κ3) is 2.65. The molecular weight excluding hydrogens is 239 g/mol. The number of benzene rings is 1. The first-order chi connectivity index (χ1) is 8.58. The lowest BCUT2D eigenvalue weighted by Crippen LogP contribution is -2.02. The van der Waals surface area contributed by atoms with E-state index in [0.29, 0.717) is 17.0 Å². The molecule has 18 heavy (non-hydrogen) atoms. The maximum Gasteiger partial charge on any atom is 0.145 e. The van der Waals surface area contributed by atoms with E-state index in [1.807, 2.05) is 0 Å². The van der Waals surface area contributed by atoms with Gasteiger partial charge in [0.15, 0.2) is 0 Å². The first-order valence-electron chi connectivity index (χ1n) is 5.46. The fourth-order valence-electron chi connectivity index (χ4n) is 1.50. The van der Waals surface area contributed by atoms with Gasteiger partial charge in [0, 0.05) is 11.6 Å². The topological polar surface area (TPSA) is 68.4 Å². The Kier molecular flexibility index (Phi) is 3.57.